The highest BCUT2D eigenvalue weighted by atomic mass is 16.3. The molecule has 22 heavy (non-hydrogen) atoms. The first kappa shape index (κ1) is 16.3. The van der Waals surface area contributed by atoms with Gasteiger partial charge in [0.15, 0.2) is 0 Å². The first-order valence-corrected chi connectivity index (χ1v) is 9.22. The Labute approximate surface area is 134 Å². The second-order valence-corrected chi connectivity index (χ2v) is 8.05. The third kappa shape index (κ3) is 3.65. The van der Waals surface area contributed by atoms with Crippen molar-refractivity contribution in [3.63, 3.8) is 0 Å². The van der Waals surface area contributed by atoms with Crippen LogP contribution in [0.2, 0.25) is 0 Å². The monoisotopic (exact) mass is 308 g/mol. The first-order chi connectivity index (χ1) is 10.5. The van der Waals surface area contributed by atoms with Crippen molar-refractivity contribution in [2.75, 3.05) is 19.6 Å². The molecule has 0 aromatic rings. The summed E-state index contributed by atoms with van der Waals surface area (Å²) in [7, 11) is 0. The van der Waals surface area contributed by atoms with E-state index in [-0.39, 0.29) is 12.0 Å². The highest BCUT2D eigenvalue weighted by Crippen LogP contribution is 2.49. The number of aliphatic hydroxyl groups is 1. The van der Waals surface area contributed by atoms with Crippen LogP contribution in [-0.4, -0.2) is 47.7 Å². The maximum absolute atomic E-state index is 12.3. The molecule has 2 bridgehead atoms. The summed E-state index contributed by atoms with van der Waals surface area (Å²) in [5.74, 6) is 3.11. The summed E-state index contributed by atoms with van der Waals surface area (Å²) in [6.07, 6.45) is 7.32. The maximum Gasteiger partial charge on any atom is 0.234 e. The molecule has 5 unspecified atom stereocenters. The molecule has 0 radical (unpaired) electrons. The fourth-order valence-electron chi connectivity index (χ4n) is 5.11. The smallest absolute Gasteiger partial charge is 0.234 e. The minimum atomic E-state index is -0.214. The fourth-order valence-corrected chi connectivity index (χ4v) is 5.11. The lowest BCUT2D eigenvalue weighted by Gasteiger charge is -2.33. The first-order valence-electron chi connectivity index (χ1n) is 9.22. The van der Waals surface area contributed by atoms with Crippen molar-refractivity contribution in [2.45, 2.75) is 64.5 Å². The van der Waals surface area contributed by atoms with Crippen LogP contribution >= 0.6 is 0 Å². The molecule has 4 nitrogen and oxygen atoms in total. The molecule has 3 aliphatic rings. The number of hydrogen-bond acceptors (Lipinski definition) is 3. The lowest BCUT2D eigenvalue weighted by Crippen LogP contribution is -2.47. The molecule has 2 aliphatic carbocycles. The minimum absolute atomic E-state index is 0.186. The van der Waals surface area contributed by atoms with Crippen LogP contribution in [-0.2, 0) is 4.79 Å². The van der Waals surface area contributed by atoms with Gasteiger partial charge in [0.25, 0.3) is 0 Å². The molecule has 3 fully saturated rings. The number of likely N-dealkylation sites (tertiary alicyclic amines) is 1. The molecular weight excluding hydrogens is 276 g/mol. The Morgan fingerprint density at radius 2 is 1.91 bits per heavy atom. The third-order valence-electron chi connectivity index (χ3n) is 6.51. The minimum Gasteiger partial charge on any atom is -0.393 e. The van der Waals surface area contributed by atoms with Gasteiger partial charge in [0.1, 0.15) is 0 Å². The summed E-state index contributed by atoms with van der Waals surface area (Å²) in [4.78, 5) is 14.5. The van der Waals surface area contributed by atoms with Crippen molar-refractivity contribution in [3.8, 4) is 0 Å². The van der Waals surface area contributed by atoms with Gasteiger partial charge in [-0.25, -0.2) is 0 Å². The molecule has 126 valence electrons. The number of carbonyl (C=O) groups excluding carboxylic acids is 1. The van der Waals surface area contributed by atoms with Gasteiger partial charge in [0, 0.05) is 6.04 Å². The number of fused-ring (bicyclic) bond motifs is 2. The molecule has 0 aromatic heterocycles. The predicted octanol–water partition coefficient (Wildman–Crippen LogP) is 2.02. The highest BCUT2D eigenvalue weighted by molar-refractivity contribution is 5.78. The van der Waals surface area contributed by atoms with Crippen molar-refractivity contribution in [1.29, 1.82) is 0 Å². The largest absolute Gasteiger partial charge is 0.393 e. The summed E-state index contributed by atoms with van der Waals surface area (Å²) in [6.45, 7) is 6.47. The van der Waals surface area contributed by atoms with Gasteiger partial charge in [-0.3, -0.25) is 9.69 Å². The molecule has 4 heteroatoms. The van der Waals surface area contributed by atoms with Crippen molar-refractivity contribution in [1.82, 2.24) is 10.2 Å². The average Bonchev–Trinajstić information content (AvgIpc) is 3.10. The second-order valence-electron chi connectivity index (χ2n) is 8.05. The topological polar surface area (TPSA) is 52.6 Å². The molecule has 1 amide bonds. The number of nitrogens with one attached hydrogen (secondary N) is 1. The number of nitrogens with zero attached hydrogens (tertiary/aromatic N) is 1. The van der Waals surface area contributed by atoms with Crippen molar-refractivity contribution >= 4 is 5.91 Å². The van der Waals surface area contributed by atoms with Gasteiger partial charge in [-0.1, -0.05) is 6.42 Å². The van der Waals surface area contributed by atoms with E-state index in [1.807, 2.05) is 6.92 Å². The van der Waals surface area contributed by atoms with Gasteiger partial charge < -0.3 is 10.4 Å². The van der Waals surface area contributed by atoms with Gasteiger partial charge >= 0.3 is 0 Å². The van der Waals surface area contributed by atoms with Crippen molar-refractivity contribution in [3.05, 3.63) is 0 Å². The Morgan fingerprint density at radius 1 is 1.18 bits per heavy atom. The van der Waals surface area contributed by atoms with Crippen LogP contribution < -0.4 is 5.32 Å². The molecular formula is C18H32N2O2. The van der Waals surface area contributed by atoms with Gasteiger partial charge in [0.2, 0.25) is 5.91 Å². The van der Waals surface area contributed by atoms with E-state index in [4.69, 9.17) is 0 Å². The zero-order valence-electron chi connectivity index (χ0n) is 14.1. The number of aliphatic hydroxyl groups excluding tert-OH is 1. The number of amides is 1. The van der Waals surface area contributed by atoms with Crippen LogP contribution in [0, 0.1) is 23.7 Å². The van der Waals surface area contributed by atoms with E-state index in [0.717, 1.165) is 37.8 Å². The average molecular weight is 308 g/mol. The maximum atomic E-state index is 12.3. The van der Waals surface area contributed by atoms with Crippen molar-refractivity contribution in [2.24, 2.45) is 23.7 Å². The van der Waals surface area contributed by atoms with E-state index in [2.05, 4.69) is 17.1 Å². The molecule has 2 saturated carbocycles. The second kappa shape index (κ2) is 6.88. The Bertz CT molecular complexity index is 391. The Hall–Kier alpha value is -0.610. The third-order valence-corrected chi connectivity index (χ3v) is 6.51. The zero-order chi connectivity index (χ0) is 15.7. The van der Waals surface area contributed by atoms with Crippen LogP contribution in [0.5, 0.6) is 0 Å². The van der Waals surface area contributed by atoms with E-state index in [1.54, 1.807) is 0 Å². The van der Waals surface area contributed by atoms with Crippen LogP contribution in [0.3, 0.4) is 0 Å². The molecule has 5 atom stereocenters. The fraction of sp³-hybridized carbons (Fsp3) is 0.944. The van der Waals surface area contributed by atoms with Crippen LogP contribution in [0.15, 0.2) is 0 Å². The van der Waals surface area contributed by atoms with E-state index < -0.39 is 0 Å². The normalized spacial score (nSPS) is 35.5. The van der Waals surface area contributed by atoms with Gasteiger partial charge in [-0.05, 0) is 82.7 Å². The Kier molecular flexibility index (Phi) is 5.08. The van der Waals surface area contributed by atoms with Gasteiger partial charge in [-0.2, -0.15) is 0 Å². The summed E-state index contributed by atoms with van der Waals surface area (Å²) in [5, 5.41) is 12.9. The summed E-state index contributed by atoms with van der Waals surface area (Å²) < 4.78 is 0. The van der Waals surface area contributed by atoms with Crippen molar-refractivity contribution < 1.29 is 9.90 Å². The van der Waals surface area contributed by atoms with E-state index in [1.165, 1.54) is 25.7 Å². The zero-order valence-corrected chi connectivity index (χ0v) is 14.1. The lowest BCUT2D eigenvalue weighted by atomic mass is 9.84. The molecule has 0 aromatic carbocycles. The lowest BCUT2D eigenvalue weighted by molar-refractivity contribution is -0.123. The molecule has 2 N–H and O–H groups in total. The Morgan fingerprint density at radius 3 is 2.45 bits per heavy atom. The SMILES string of the molecule is CC(O)C1CCN(CC(=O)NC(C)C2CC3CCC2C3)CC1. The van der Waals surface area contributed by atoms with Crippen LogP contribution in [0.25, 0.3) is 0 Å². The molecule has 1 aliphatic heterocycles. The predicted molar refractivity (Wildman–Crippen MR) is 87.4 cm³/mol. The number of piperidine rings is 1. The quantitative estimate of drug-likeness (QED) is 0.817. The summed E-state index contributed by atoms with van der Waals surface area (Å²) >= 11 is 0. The molecule has 0 spiro atoms. The van der Waals surface area contributed by atoms with E-state index in [9.17, 15) is 9.90 Å². The summed E-state index contributed by atoms with van der Waals surface area (Å²) in [5.41, 5.74) is 0. The molecule has 1 heterocycles. The summed E-state index contributed by atoms with van der Waals surface area (Å²) in [6, 6.07) is 0.331. The Balaban J connectivity index is 1.39. The van der Waals surface area contributed by atoms with E-state index >= 15 is 0 Å². The van der Waals surface area contributed by atoms with Crippen LogP contribution in [0.1, 0.15) is 52.4 Å². The number of rotatable bonds is 5. The highest BCUT2D eigenvalue weighted by Gasteiger charge is 2.42. The van der Waals surface area contributed by atoms with Crippen LogP contribution in [0.4, 0.5) is 0 Å². The van der Waals surface area contributed by atoms with Gasteiger partial charge in [-0.15, -0.1) is 0 Å². The van der Waals surface area contributed by atoms with Gasteiger partial charge in [0.05, 0.1) is 12.6 Å². The van der Waals surface area contributed by atoms with E-state index in [0.29, 0.717) is 24.4 Å². The number of carbonyl (C=O) groups is 1. The molecule has 3 rings (SSSR count). The molecule has 1 saturated heterocycles. The standard InChI is InChI=1S/C18H32N2O2/c1-12(17-10-14-3-4-16(17)9-14)19-18(22)11-20-7-5-15(6-8-20)13(2)21/h12-17,21H,3-11H2,1-2H3,(H,19,22). The number of hydrogen-bond donors (Lipinski definition) is 2.